The van der Waals surface area contributed by atoms with Gasteiger partial charge in [-0.05, 0) is 70.4 Å². The van der Waals surface area contributed by atoms with Gasteiger partial charge in [-0.3, -0.25) is 24.5 Å². The van der Waals surface area contributed by atoms with Crippen LogP contribution in [0.25, 0.3) is 11.4 Å². The number of anilines is 2. The number of alkyl halides is 3. The summed E-state index contributed by atoms with van der Waals surface area (Å²) < 4.78 is 47.3. The highest BCUT2D eigenvalue weighted by atomic mass is 35.5. The van der Waals surface area contributed by atoms with Crippen LogP contribution in [0.2, 0.25) is 5.02 Å². The lowest BCUT2D eigenvalue weighted by Crippen LogP contribution is -2.53. The maximum atomic E-state index is 13.9. The second kappa shape index (κ2) is 15.8. The first-order chi connectivity index (χ1) is 26.4. The van der Waals surface area contributed by atoms with Gasteiger partial charge in [-0.15, -0.1) is 0 Å². The van der Waals surface area contributed by atoms with Crippen LogP contribution in [0.1, 0.15) is 77.1 Å². The predicted octanol–water partition coefficient (Wildman–Crippen LogP) is 5.53. The number of pyridine rings is 1. The molecular weight excluding hydrogens is 757 g/mol. The third-order valence-electron chi connectivity index (χ3n) is 9.52. The first kappa shape index (κ1) is 40.0. The Morgan fingerprint density at radius 1 is 0.946 bits per heavy atom. The number of piperidine rings is 1. The Kier molecular flexibility index (Phi) is 11.3. The van der Waals surface area contributed by atoms with Crippen molar-refractivity contribution in [1.82, 2.24) is 39.8 Å². The summed E-state index contributed by atoms with van der Waals surface area (Å²) in [7, 11) is 0. The van der Waals surface area contributed by atoms with Gasteiger partial charge in [-0.2, -0.15) is 18.3 Å². The van der Waals surface area contributed by atoms with Gasteiger partial charge in [-0.25, -0.2) is 9.78 Å². The normalized spacial score (nSPS) is 15.5. The van der Waals surface area contributed by atoms with Crippen molar-refractivity contribution in [3.63, 3.8) is 0 Å². The number of nitrogens with one attached hydrogen (secondary N) is 3. The molecule has 0 aliphatic carbocycles. The number of ether oxygens (including phenoxy) is 1. The van der Waals surface area contributed by atoms with Gasteiger partial charge in [0.05, 0.1) is 28.2 Å². The van der Waals surface area contributed by atoms with E-state index in [0.717, 1.165) is 0 Å². The SMILES string of the molecule is Cc1cc(N)cnc1-c1n[nH]c(C(F)(F)F)c1Cc1cnc(C(=O)Nc2ccc(C(=O)N3CCN(C(=O)C4CCN(C(=O)OC(C)(C)C)CC4)CC3)c(Cl)c2)[nH]1. The average molecular weight is 799 g/mol. The van der Waals surface area contributed by atoms with Crippen LogP contribution in [0.3, 0.4) is 0 Å². The number of hydrogen-bond donors (Lipinski definition) is 4. The standard InChI is InChI=1S/C37H42ClF3N10O5/c1-20-15-22(42)18-43-28(20)29-26(30(48-47-29)37(39,40)41)16-24-19-44-31(45-24)32(52)46-23-5-6-25(27(38)17-23)34(54)50-13-11-49(12-14-50)33(53)21-7-9-51(10-8-21)35(55)56-36(2,3)4/h5-6,15,17-19,21H,7-14,16,42H2,1-4H3,(H,44,45)(H,46,52)(H,47,48). The number of rotatable bonds is 7. The minimum absolute atomic E-state index is 0.00516. The van der Waals surface area contributed by atoms with E-state index in [2.05, 4.69) is 30.5 Å². The fourth-order valence-corrected chi connectivity index (χ4v) is 6.98. The summed E-state index contributed by atoms with van der Waals surface area (Å²) in [6.45, 7) is 9.26. The first-order valence-electron chi connectivity index (χ1n) is 18.0. The molecule has 4 amide bonds. The zero-order valence-corrected chi connectivity index (χ0v) is 32.0. The molecule has 15 nitrogen and oxygen atoms in total. The summed E-state index contributed by atoms with van der Waals surface area (Å²) in [5, 5.41) is 8.70. The van der Waals surface area contributed by atoms with E-state index in [9.17, 15) is 32.3 Å². The molecule has 6 rings (SSSR count). The van der Waals surface area contributed by atoms with Gasteiger partial charge in [0.15, 0.2) is 5.82 Å². The lowest BCUT2D eigenvalue weighted by Gasteiger charge is -2.38. The molecule has 0 saturated carbocycles. The lowest BCUT2D eigenvalue weighted by atomic mass is 9.95. The van der Waals surface area contributed by atoms with Gasteiger partial charge in [0.2, 0.25) is 5.91 Å². The van der Waals surface area contributed by atoms with Crippen LogP contribution in [0, 0.1) is 12.8 Å². The van der Waals surface area contributed by atoms with Crippen molar-refractivity contribution < 1.29 is 37.1 Å². The number of aromatic nitrogens is 5. The van der Waals surface area contributed by atoms with Crippen LogP contribution in [-0.4, -0.2) is 109 Å². The number of piperazine rings is 1. The zero-order chi connectivity index (χ0) is 40.5. The smallest absolute Gasteiger partial charge is 0.433 e. The average Bonchev–Trinajstić information content (AvgIpc) is 3.78. The maximum Gasteiger partial charge on any atom is 0.433 e. The van der Waals surface area contributed by atoms with Gasteiger partial charge in [0, 0.05) is 74.7 Å². The quantitative estimate of drug-likeness (QED) is 0.186. The van der Waals surface area contributed by atoms with Crippen molar-refractivity contribution in [2.24, 2.45) is 5.92 Å². The van der Waals surface area contributed by atoms with Crippen LogP contribution in [0.4, 0.5) is 29.3 Å². The Morgan fingerprint density at radius 2 is 1.62 bits per heavy atom. The van der Waals surface area contributed by atoms with Gasteiger partial charge >= 0.3 is 12.3 Å². The van der Waals surface area contributed by atoms with Crippen LogP contribution >= 0.6 is 11.6 Å². The molecule has 19 heteroatoms. The number of halogens is 4. The molecule has 1 aromatic carbocycles. The number of aryl methyl sites for hydroxylation is 1. The van der Waals surface area contributed by atoms with E-state index in [1.54, 1.807) is 27.7 Å². The molecule has 4 aromatic rings. The number of hydrogen-bond acceptors (Lipinski definition) is 9. The Labute approximate surface area is 325 Å². The molecule has 5 N–H and O–H groups in total. The minimum atomic E-state index is -4.74. The summed E-state index contributed by atoms with van der Waals surface area (Å²) in [5.41, 5.74) is 5.70. The highest BCUT2D eigenvalue weighted by Crippen LogP contribution is 2.37. The molecule has 0 unspecified atom stereocenters. The monoisotopic (exact) mass is 798 g/mol. The number of benzene rings is 1. The number of likely N-dealkylation sites (tertiary alicyclic amines) is 1. The molecule has 0 bridgehead atoms. The number of H-pyrrole nitrogens is 2. The Hall–Kier alpha value is -5.65. The number of nitrogen functional groups attached to an aromatic ring is 1. The van der Waals surface area contributed by atoms with Crippen LogP contribution in [0.5, 0.6) is 0 Å². The summed E-state index contributed by atoms with van der Waals surface area (Å²) in [6.07, 6.45) is -1.77. The second-order valence-corrected chi connectivity index (χ2v) is 15.2. The number of carbonyl (C=O) groups excluding carboxylic acids is 4. The number of nitrogens with two attached hydrogens (primary N) is 1. The van der Waals surface area contributed by atoms with Crippen molar-refractivity contribution in [2.45, 2.75) is 58.7 Å². The van der Waals surface area contributed by atoms with Gasteiger partial charge < -0.3 is 35.5 Å². The molecule has 0 spiro atoms. The van der Waals surface area contributed by atoms with E-state index in [4.69, 9.17) is 22.1 Å². The van der Waals surface area contributed by atoms with E-state index < -0.39 is 23.4 Å². The third-order valence-corrected chi connectivity index (χ3v) is 9.83. The van der Waals surface area contributed by atoms with Gasteiger partial charge in [0.1, 0.15) is 17.0 Å². The number of aromatic amines is 2. The maximum absolute atomic E-state index is 13.9. The molecule has 2 saturated heterocycles. The molecule has 2 aliphatic rings. The fraction of sp³-hybridized carbons (Fsp3) is 0.432. The molecule has 2 aliphatic heterocycles. The van der Waals surface area contributed by atoms with Crippen molar-refractivity contribution in [3.05, 3.63) is 75.6 Å². The Bertz CT molecular complexity index is 2130. The molecule has 3 aromatic heterocycles. The number of amides is 4. The van der Waals surface area contributed by atoms with E-state index in [1.165, 1.54) is 30.6 Å². The van der Waals surface area contributed by atoms with Crippen LogP contribution < -0.4 is 11.1 Å². The Balaban J connectivity index is 1.03. The summed E-state index contributed by atoms with van der Waals surface area (Å²) in [5.74, 6) is -1.40. The highest BCUT2D eigenvalue weighted by Gasteiger charge is 2.38. The third kappa shape index (κ3) is 9.07. The van der Waals surface area contributed by atoms with Gasteiger partial charge in [0.25, 0.3) is 11.8 Å². The second-order valence-electron chi connectivity index (χ2n) is 14.8. The van der Waals surface area contributed by atoms with E-state index >= 15 is 0 Å². The number of imidazole rings is 1. The van der Waals surface area contributed by atoms with Gasteiger partial charge in [-0.1, -0.05) is 11.6 Å². The van der Waals surface area contributed by atoms with E-state index in [-0.39, 0.29) is 75.0 Å². The van der Waals surface area contributed by atoms with E-state index in [0.29, 0.717) is 63.4 Å². The molecule has 298 valence electrons. The van der Waals surface area contributed by atoms with Crippen LogP contribution in [0.15, 0.2) is 36.7 Å². The molecule has 0 radical (unpaired) electrons. The zero-order valence-electron chi connectivity index (χ0n) is 31.2. The molecule has 0 atom stereocenters. The van der Waals surface area contributed by atoms with Crippen LogP contribution in [-0.2, 0) is 22.1 Å². The van der Waals surface area contributed by atoms with Crippen molar-refractivity contribution >= 4 is 46.8 Å². The van der Waals surface area contributed by atoms with E-state index in [1.807, 2.05) is 20.8 Å². The van der Waals surface area contributed by atoms with Crippen molar-refractivity contribution in [2.75, 3.05) is 50.3 Å². The number of nitrogens with zero attached hydrogens (tertiary/aromatic N) is 6. The summed E-state index contributed by atoms with van der Waals surface area (Å²) in [6, 6.07) is 5.97. The summed E-state index contributed by atoms with van der Waals surface area (Å²) >= 11 is 6.51. The minimum Gasteiger partial charge on any atom is -0.444 e. The summed E-state index contributed by atoms with van der Waals surface area (Å²) in [4.78, 5) is 68.2. The first-order valence-corrected chi connectivity index (χ1v) is 18.3. The number of carbonyl (C=O) groups is 4. The predicted molar refractivity (Wildman–Crippen MR) is 200 cm³/mol. The fourth-order valence-electron chi connectivity index (χ4n) is 6.72. The molecule has 5 heterocycles. The molecule has 56 heavy (non-hydrogen) atoms. The molecular formula is C37H42ClF3N10O5. The highest BCUT2D eigenvalue weighted by molar-refractivity contribution is 6.34. The topological polar surface area (TPSA) is 196 Å². The van der Waals surface area contributed by atoms with Crippen molar-refractivity contribution in [3.8, 4) is 11.4 Å². The van der Waals surface area contributed by atoms with Crippen molar-refractivity contribution in [1.29, 1.82) is 0 Å². The molecule has 2 fully saturated rings. The Morgan fingerprint density at radius 3 is 2.25 bits per heavy atom. The lowest BCUT2D eigenvalue weighted by molar-refractivity contribution is -0.141. The largest absolute Gasteiger partial charge is 0.444 e.